The van der Waals surface area contributed by atoms with E-state index >= 15 is 0 Å². The molecule has 2 aromatic heterocycles. The maximum atomic E-state index is 5.41. The summed E-state index contributed by atoms with van der Waals surface area (Å²) < 4.78 is 5.41. The summed E-state index contributed by atoms with van der Waals surface area (Å²) in [5, 5.41) is 11.3. The van der Waals surface area contributed by atoms with E-state index in [4.69, 9.17) is 4.42 Å². The van der Waals surface area contributed by atoms with Crippen LogP contribution >= 0.6 is 0 Å². The van der Waals surface area contributed by atoms with Crippen LogP contribution in [0.5, 0.6) is 0 Å². The molecule has 0 amide bonds. The molecular weight excluding hydrogens is 264 g/mol. The molecule has 0 bridgehead atoms. The predicted octanol–water partition coefficient (Wildman–Crippen LogP) is 3.61. The Labute approximate surface area is 123 Å². The van der Waals surface area contributed by atoms with Crippen LogP contribution in [-0.2, 0) is 0 Å². The van der Waals surface area contributed by atoms with Gasteiger partial charge in [0.05, 0.1) is 6.04 Å². The molecule has 0 saturated heterocycles. The van der Waals surface area contributed by atoms with E-state index in [1.54, 1.807) is 13.1 Å². The molecule has 0 spiro atoms. The Hall–Kier alpha value is -2.69. The van der Waals surface area contributed by atoms with E-state index in [-0.39, 0.29) is 6.04 Å². The van der Waals surface area contributed by atoms with Gasteiger partial charge in [0.1, 0.15) is 0 Å². The lowest BCUT2D eigenvalue weighted by Gasteiger charge is -2.15. The van der Waals surface area contributed by atoms with Crippen molar-refractivity contribution in [3.8, 4) is 11.5 Å². The van der Waals surface area contributed by atoms with Crippen LogP contribution in [0.4, 0.5) is 5.69 Å². The maximum Gasteiger partial charge on any atom is 0.247 e. The number of benzene rings is 1. The Balaban J connectivity index is 1.73. The number of aromatic nitrogens is 3. The number of anilines is 1. The normalized spacial score (nSPS) is 12.1. The molecule has 0 aliphatic carbocycles. The lowest BCUT2D eigenvalue weighted by atomic mass is 10.1. The third kappa shape index (κ3) is 3.08. The van der Waals surface area contributed by atoms with Crippen molar-refractivity contribution in [2.75, 3.05) is 5.32 Å². The molecule has 5 heteroatoms. The number of hydrogen-bond donors (Lipinski definition) is 1. The fraction of sp³-hybridized carbons (Fsp3) is 0.188. The van der Waals surface area contributed by atoms with Gasteiger partial charge in [-0.2, -0.15) is 0 Å². The molecule has 2 heterocycles. The lowest BCUT2D eigenvalue weighted by Crippen LogP contribution is -2.06. The zero-order chi connectivity index (χ0) is 14.7. The van der Waals surface area contributed by atoms with E-state index in [1.807, 2.05) is 36.5 Å². The molecule has 3 rings (SSSR count). The van der Waals surface area contributed by atoms with Gasteiger partial charge in [0.25, 0.3) is 0 Å². The third-order valence-electron chi connectivity index (χ3n) is 3.23. The third-order valence-corrected chi connectivity index (χ3v) is 3.23. The summed E-state index contributed by atoms with van der Waals surface area (Å²) in [7, 11) is 0. The molecule has 1 N–H and O–H groups in total. The van der Waals surface area contributed by atoms with Crippen molar-refractivity contribution in [3.63, 3.8) is 0 Å². The molecule has 1 atom stereocenters. The standard InChI is InChI=1S/C16H16N4O/c1-11(14-4-3-9-17-10-14)18-15-7-5-13(6-8-15)16-20-19-12(2)21-16/h3-11,18H,1-2H3/t11-/m1/s1. The van der Waals surface area contributed by atoms with Crippen molar-refractivity contribution in [1.82, 2.24) is 15.2 Å². The van der Waals surface area contributed by atoms with E-state index in [0.29, 0.717) is 11.8 Å². The molecular formula is C16H16N4O. The second kappa shape index (κ2) is 5.75. The molecule has 0 aliphatic heterocycles. The van der Waals surface area contributed by atoms with Crippen molar-refractivity contribution in [2.24, 2.45) is 0 Å². The maximum absolute atomic E-state index is 5.41. The van der Waals surface area contributed by atoms with Crippen molar-refractivity contribution >= 4 is 5.69 Å². The largest absolute Gasteiger partial charge is 0.421 e. The minimum Gasteiger partial charge on any atom is -0.421 e. The monoisotopic (exact) mass is 280 g/mol. The number of hydrogen-bond acceptors (Lipinski definition) is 5. The zero-order valence-electron chi connectivity index (χ0n) is 11.9. The molecule has 3 aromatic rings. The van der Waals surface area contributed by atoms with Gasteiger partial charge in [0, 0.05) is 30.6 Å². The van der Waals surface area contributed by atoms with E-state index in [1.165, 1.54) is 0 Å². The van der Waals surface area contributed by atoms with Crippen LogP contribution in [-0.4, -0.2) is 15.2 Å². The van der Waals surface area contributed by atoms with Crippen LogP contribution in [0.15, 0.2) is 53.2 Å². The Morgan fingerprint density at radius 2 is 1.90 bits per heavy atom. The lowest BCUT2D eigenvalue weighted by molar-refractivity contribution is 0.533. The van der Waals surface area contributed by atoms with Crippen LogP contribution in [0.3, 0.4) is 0 Å². The van der Waals surface area contributed by atoms with E-state index in [0.717, 1.165) is 16.8 Å². The Kier molecular flexibility index (Phi) is 3.64. The second-order valence-corrected chi connectivity index (χ2v) is 4.86. The SMILES string of the molecule is Cc1nnc(-c2ccc(N[C@H](C)c3cccnc3)cc2)o1. The van der Waals surface area contributed by atoms with E-state index < -0.39 is 0 Å². The summed E-state index contributed by atoms with van der Waals surface area (Å²) >= 11 is 0. The number of aryl methyl sites for hydroxylation is 1. The Bertz CT molecular complexity index is 707. The molecule has 5 nitrogen and oxygen atoms in total. The van der Waals surface area contributed by atoms with Gasteiger partial charge in [-0.25, -0.2) is 0 Å². The van der Waals surface area contributed by atoms with Gasteiger partial charge >= 0.3 is 0 Å². The molecule has 0 unspecified atom stereocenters. The molecule has 106 valence electrons. The molecule has 1 aromatic carbocycles. The first-order valence-corrected chi connectivity index (χ1v) is 6.79. The molecule has 0 radical (unpaired) electrons. The van der Waals surface area contributed by atoms with Crippen molar-refractivity contribution < 1.29 is 4.42 Å². The van der Waals surface area contributed by atoms with Crippen molar-refractivity contribution in [3.05, 3.63) is 60.2 Å². The summed E-state index contributed by atoms with van der Waals surface area (Å²) in [6.07, 6.45) is 3.64. The topological polar surface area (TPSA) is 63.8 Å². The average Bonchev–Trinajstić information content (AvgIpc) is 2.95. The number of nitrogens with zero attached hydrogens (tertiary/aromatic N) is 3. The summed E-state index contributed by atoms with van der Waals surface area (Å²) in [5.74, 6) is 1.11. The highest BCUT2D eigenvalue weighted by Crippen LogP contribution is 2.23. The van der Waals surface area contributed by atoms with Gasteiger partial charge < -0.3 is 9.73 Å². The van der Waals surface area contributed by atoms with Crippen LogP contribution in [0.1, 0.15) is 24.4 Å². The quantitative estimate of drug-likeness (QED) is 0.790. The van der Waals surface area contributed by atoms with Gasteiger partial charge in [-0.3, -0.25) is 4.98 Å². The summed E-state index contributed by atoms with van der Waals surface area (Å²) in [4.78, 5) is 4.14. The summed E-state index contributed by atoms with van der Waals surface area (Å²) in [6.45, 7) is 3.88. The van der Waals surface area contributed by atoms with E-state index in [9.17, 15) is 0 Å². The molecule has 0 aliphatic rings. The summed E-state index contributed by atoms with van der Waals surface area (Å²) in [5.41, 5.74) is 3.09. The number of rotatable bonds is 4. The average molecular weight is 280 g/mol. The minimum absolute atomic E-state index is 0.190. The molecule has 21 heavy (non-hydrogen) atoms. The summed E-state index contributed by atoms with van der Waals surface area (Å²) in [6, 6.07) is 12.1. The minimum atomic E-state index is 0.190. The van der Waals surface area contributed by atoms with Crippen LogP contribution in [0, 0.1) is 6.92 Å². The second-order valence-electron chi connectivity index (χ2n) is 4.86. The Morgan fingerprint density at radius 3 is 2.52 bits per heavy atom. The highest BCUT2D eigenvalue weighted by Gasteiger charge is 2.07. The number of pyridine rings is 1. The van der Waals surface area contributed by atoms with Gasteiger partial charge in [0.2, 0.25) is 11.8 Å². The zero-order valence-corrected chi connectivity index (χ0v) is 11.9. The smallest absolute Gasteiger partial charge is 0.247 e. The van der Waals surface area contributed by atoms with Gasteiger partial charge in [0.15, 0.2) is 0 Å². The van der Waals surface area contributed by atoms with Crippen molar-refractivity contribution in [2.45, 2.75) is 19.9 Å². The van der Waals surface area contributed by atoms with Gasteiger partial charge in [-0.05, 0) is 42.8 Å². The van der Waals surface area contributed by atoms with Crippen LogP contribution in [0.25, 0.3) is 11.5 Å². The van der Waals surface area contributed by atoms with Gasteiger partial charge in [-0.1, -0.05) is 6.07 Å². The predicted molar refractivity (Wildman–Crippen MR) is 80.7 cm³/mol. The first-order chi connectivity index (χ1) is 10.2. The molecule has 0 fully saturated rings. The van der Waals surface area contributed by atoms with E-state index in [2.05, 4.69) is 33.5 Å². The first-order valence-electron chi connectivity index (χ1n) is 6.79. The first kappa shape index (κ1) is 13.3. The number of nitrogens with one attached hydrogen (secondary N) is 1. The van der Waals surface area contributed by atoms with Crippen molar-refractivity contribution in [1.29, 1.82) is 0 Å². The fourth-order valence-corrected chi connectivity index (χ4v) is 2.09. The molecule has 0 saturated carbocycles. The highest BCUT2D eigenvalue weighted by atomic mass is 16.4. The highest BCUT2D eigenvalue weighted by molar-refractivity contribution is 5.58. The van der Waals surface area contributed by atoms with Gasteiger partial charge in [-0.15, -0.1) is 10.2 Å². The van der Waals surface area contributed by atoms with Crippen LogP contribution < -0.4 is 5.32 Å². The van der Waals surface area contributed by atoms with Crippen LogP contribution in [0.2, 0.25) is 0 Å². The fourth-order valence-electron chi connectivity index (χ4n) is 2.09. The Morgan fingerprint density at radius 1 is 1.10 bits per heavy atom.